The Bertz CT molecular complexity index is 799. The van der Waals surface area contributed by atoms with Crippen LogP contribution in [0.5, 0.6) is 0 Å². The molecule has 172 valence electrons. The summed E-state index contributed by atoms with van der Waals surface area (Å²) >= 11 is 1.84. The van der Waals surface area contributed by atoms with Crippen molar-refractivity contribution < 1.29 is 0 Å². The summed E-state index contributed by atoms with van der Waals surface area (Å²) in [4.78, 5) is 8.96. The molecule has 0 spiro atoms. The molecule has 2 aliphatic rings. The highest BCUT2D eigenvalue weighted by molar-refractivity contribution is 14.0. The van der Waals surface area contributed by atoms with Gasteiger partial charge in [0, 0.05) is 37.4 Å². The lowest BCUT2D eigenvalue weighted by molar-refractivity contribution is 0.255. The molecular weight excluding hydrogens is 521 g/mol. The van der Waals surface area contributed by atoms with Gasteiger partial charge in [0.2, 0.25) is 0 Å². The van der Waals surface area contributed by atoms with Gasteiger partial charge >= 0.3 is 0 Å². The third-order valence-electron chi connectivity index (χ3n) is 6.05. The van der Waals surface area contributed by atoms with E-state index in [1.165, 1.54) is 50.1 Å². The Morgan fingerprint density at radius 2 is 1.97 bits per heavy atom. The van der Waals surface area contributed by atoms with Gasteiger partial charge in [-0.2, -0.15) is 0 Å². The maximum absolute atomic E-state index is 4.95. The Morgan fingerprint density at radius 1 is 1.13 bits per heavy atom. The van der Waals surface area contributed by atoms with Gasteiger partial charge in [-0.05, 0) is 57.1 Å². The molecule has 2 aromatic rings. The van der Waals surface area contributed by atoms with Gasteiger partial charge < -0.3 is 15.2 Å². The van der Waals surface area contributed by atoms with E-state index in [1.807, 2.05) is 11.3 Å². The van der Waals surface area contributed by atoms with E-state index in [4.69, 9.17) is 4.99 Å². The van der Waals surface area contributed by atoms with Crippen LogP contribution in [-0.2, 0) is 19.4 Å². The van der Waals surface area contributed by atoms with Gasteiger partial charge in [0.05, 0.1) is 12.6 Å². The summed E-state index contributed by atoms with van der Waals surface area (Å²) in [6.45, 7) is 8.00. The van der Waals surface area contributed by atoms with Crippen molar-refractivity contribution in [2.45, 2.75) is 64.5 Å². The number of halogens is 1. The summed E-state index contributed by atoms with van der Waals surface area (Å²) in [5.74, 6) is 3.16. The van der Waals surface area contributed by atoms with Crippen LogP contribution in [0.4, 0.5) is 0 Å². The van der Waals surface area contributed by atoms with Gasteiger partial charge in [-0.15, -0.1) is 45.5 Å². The van der Waals surface area contributed by atoms with Crippen molar-refractivity contribution in [3.8, 4) is 0 Å². The van der Waals surface area contributed by atoms with Crippen LogP contribution in [0.2, 0.25) is 0 Å². The summed E-state index contributed by atoms with van der Waals surface area (Å²) in [5, 5.41) is 18.0. The first-order valence-electron chi connectivity index (χ1n) is 11.6. The van der Waals surface area contributed by atoms with Gasteiger partial charge in [-0.1, -0.05) is 12.5 Å². The highest BCUT2D eigenvalue weighted by atomic mass is 127. The number of thiophene rings is 1. The highest BCUT2D eigenvalue weighted by Gasteiger charge is 2.24. The number of aromatic nitrogens is 3. The third kappa shape index (κ3) is 6.64. The molecule has 31 heavy (non-hydrogen) atoms. The summed E-state index contributed by atoms with van der Waals surface area (Å²) in [5.41, 5.74) is 0. The summed E-state index contributed by atoms with van der Waals surface area (Å²) in [7, 11) is 0. The van der Waals surface area contributed by atoms with Gasteiger partial charge in [-0.25, -0.2) is 0 Å². The molecule has 1 unspecified atom stereocenters. The van der Waals surface area contributed by atoms with Crippen LogP contribution < -0.4 is 10.6 Å². The van der Waals surface area contributed by atoms with E-state index in [0.29, 0.717) is 6.04 Å². The number of hydrogen-bond donors (Lipinski definition) is 2. The number of nitrogens with zero attached hydrogens (tertiary/aromatic N) is 5. The van der Waals surface area contributed by atoms with Crippen molar-refractivity contribution in [3.63, 3.8) is 0 Å². The normalized spacial score (nSPS) is 18.2. The Balaban J connectivity index is 0.00000272. The minimum absolute atomic E-state index is 0. The van der Waals surface area contributed by atoms with Crippen molar-refractivity contribution >= 4 is 41.3 Å². The predicted molar refractivity (Wildman–Crippen MR) is 139 cm³/mol. The third-order valence-corrected chi connectivity index (χ3v) is 7.02. The number of fused-ring (bicyclic) bond motifs is 1. The van der Waals surface area contributed by atoms with E-state index in [1.54, 1.807) is 0 Å². The maximum Gasteiger partial charge on any atom is 0.191 e. The fourth-order valence-electron chi connectivity index (χ4n) is 4.46. The second-order valence-corrected chi connectivity index (χ2v) is 9.14. The second kappa shape index (κ2) is 12.7. The molecule has 1 saturated heterocycles. The maximum atomic E-state index is 4.95. The molecule has 2 aliphatic heterocycles. The summed E-state index contributed by atoms with van der Waals surface area (Å²) < 4.78 is 2.33. The quantitative estimate of drug-likeness (QED) is 0.295. The monoisotopic (exact) mass is 557 g/mol. The van der Waals surface area contributed by atoms with E-state index in [2.05, 4.69) is 54.7 Å². The number of aryl methyl sites for hydroxylation is 1. The molecule has 0 radical (unpaired) electrons. The molecule has 1 atom stereocenters. The van der Waals surface area contributed by atoms with Crippen molar-refractivity contribution in [3.05, 3.63) is 34.0 Å². The number of rotatable bonds is 8. The average molecular weight is 558 g/mol. The lowest BCUT2D eigenvalue weighted by atomic mass is 10.2. The number of likely N-dealkylation sites (tertiary alicyclic amines) is 1. The van der Waals surface area contributed by atoms with Crippen molar-refractivity contribution in [1.29, 1.82) is 0 Å². The summed E-state index contributed by atoms with van der Waals surface area (Å²) in [6.07, 6.45) is 8.29. The van der Waals surface area contributed by atoms with Crippen LogP contribution in [0.15, 0.2) is 22.5 Å². The first kappa shape index (κ1) is 24.4. The lowest BCUT2D eigenvalue weighted by Crippen LogP contribution is -2.39. The molecule has 2 aromatic heterocycles. The van der Waals surface area contributed by atoms with Crippen LogP contribution in [0.1, 0.15) is 61.6 Å². The van der Waals surface area contributed by atoms with Crippen molar-refractivity contribution in [2.24, 2.45) is 4.99 Å². The largest absolute Gasteiger partial charge is 0.357 e. The minimum atomic E-state index is 0. The van der Waals surface area contributed by atoms with Crippen molar-refractivity contribution in [2.75, 3.05) is 32.7 Å². The Labute approximate surface area is 207 Å². The molecule has 9 heteroatoms. The van der Waals surface area contributed by atoms with Crippen LogP contribution in [-0.4, -0.2) is 58.3 Å². The van der Waals surface area contributed by atoms with Crippen LogP contribution in [0, 0.1) is 0 Å². The Hall–Kier alpha value is -1.20. The van der Waals surface area contributed by atoms with Gasteiger partial charge in [0.15, 0.2) is 5.96 Å². The molecule has 0 amide bonds. The number of aliphatic imine (C=N–C) groups is 1. The Kier molecular flexibility index (Phi) is 10.0. The van der Waals surface area contributed by atoms with Crippen molar-refractivity contribution in [1.82, 2.24) is 30.3 Å². The van der Waals surface area contributed by atoms with E-state index in [9.17, 15) is 0 Å². The highest BCUT2D eigenvalue weighted by Crippen LogP contribution is 2.28. The Morgan fingerprint density at radius 3 is 2.74 bits per heavy atom. The molecule has 0 saturated carbocycles. The fraction of sp³-hybridized carbons (Fsp3) is 0.682. The molecule has 0 aromatic carbocycles. The average Bonchev–Trinajstić information content (AvgIpc) is 3.50. The smallest absolute Gasteiger partial charge is 0.191 e. The zero-order chi connectivity index (χ0) is 20.6. The van der Waals surface area contributed by atoms with E-state index in [-0.39, 0.29) is 24.0 Å². The van der Waals surface area contributed by atoms with Crippen LogP contribution in [0.25, 0.3) is 0 Å². The summed E-state index contributed by atoms with van der Waals surface area (Å²) in [6, 6.07) is 4.79. The minimum Gasteiger partial charge on any atom is -0.357 e. The number of nitrogens with one attached hydrogen (secondary N) is 2. The second-order valence-electron chi connectivity index (χ2n) is 8.17. The zero-order valence-electron chi connectivity index (χ0n) is 18.6. The van der Waals surface area contributed by atoms with E-state index in [0.717, 1.165) is 56.6 Å². The van der Waals surface area contributed by atoms with Crippen LogP contribution >= 0.6 is 35.3 Å². The molecular formula is C22H36IN7S. The number of guanidine groups is 1. The zero-order valence-corrected chi connectivity index (χ0v) is 21.7. The molecule has 0 bridgehead atoms. The van der Waals surface area contributed by atoms with Crippen LogP contribution in [0.3, 0.4) is 0 Å². The van der Waals surface area contributed by atoms with E-state index < -0.39 is 0 Å². The fourth-order valence-corrected chi connectivity index (χ4v) is 5.31. The topological polar surface area (TPSA) is 70.4 Å². The predicted octanol–water partition coefficient (Wildman–Crippen LogP) is 3.62. The molecule has 4 heterocycles. The molecule has 4 rings (SSSR count). The number of hydrogen-bond acceptors (Lipinski definition) is 5. The lowest BCUT2D eigenvalue weighted by Gasteiger charge is -2.25. The first-order valence-corrected chi connectivity index (χ1v) is 12.4. The van der Waals surface area contributed by atoms with Gasteiger partial charge in [0.1, 0.15) is 11.6 Å². The SMILES string of the molecule is CCNC(=NCC(c1cccs1)N1CCCC1)NCCc1nnc2n1CCCCC2.I. The first-order chi connectivity index (χ1) is 14.8. The standard InChI is InChI=1S/C22H35N7S.HI/c1-2-23-22(24-12-11-21-27-26-20-10-4-3-5-15-29(20)21)25-17-18(19-9-8-16-30-19)28-13-6-7-14-28;/h8-9,16,18H,2-7,10-15,17H2,1H3,(H2,23,24,25);1H. The molecule has 1 fully saturated rings. The van der Waals surface area contributed by atoms with Gasteiger partial charge in [-0.3, -0.25) is 9.89 Å². The van der Waals surface area contributed by atoms with Gasteiger partial charge in [0.25, 0.3) is 0 Å². The molecule has 0 aliphatic carbocycles. The van der Waals surface area contributed by atoms with E-state index >= 15 is 0 Å². The molecule has 7 nitrogen and oxygen atoms in total. The molecule has 2 N–H and O–H groups in total.